The Kier molecular flexibility index (Phi) is 1.52. The molecule has 64 valence electrons. The number of rotatable bonds is 0. The Labute approximate surface area is 68.5 Å². The average Bonchev–Trinajstić information content (AvgIpc) is 2.42. The van der Waals surface area contributed by atoms with E-state index in [9.17, 15) is 0 Å². The maximum Gasteiger partial charge on any atom is 0.0718 e. The van der Waals surface area contributed by atoms with E-state index in [-0.39, 0.29) is 0 Å². The van der Waals surface area contributed by atoms with Crippen LogP contribution in [0.4, 0.5) is 0 Å². The van der Waals surface area contributed by atoms with Crippen LogP contribution in [0.15, 0.2) is 0 Å². The predicted octanol–water partition coefficient (Wildman–Crippen LogP) is 1.26. The van der Waals surface area contributed by atoms with Crippen LogP contribution in [0.25, 0.3) is 0 Å². The van der Waals surface area contributed by atoms with Gasteiger partial charge in [-0.15, -0.1) is 0 Å². The molecule has 0 amide bonds. The Hall–Kier alpha value is -0.0800. The van der Waals surface area contributed by atoms with Crippen LogP contribution in [0.1, 0.15) is 27.2 Å². The summed E-state index contributed by atoms with van der Waals surface area (Å²) in [5.41, 5.74) is 0.337. The van der Waals surface area contributed by atoms with Gasteiger partial charge in [-0.05, 0) is 27.2 Å². The molecule has 0 aromatic heterocycles. The van der Waals surface area contributed by atoms with Gasteiger partial charge >= 0.3 is 0 Å². The second-order valence-electron chi connectivity index (χ2n) is 4.67. The lowest BCUT2D eigenvalue weighted by Crippen LogP contribution is -2.48. The molecule has 2 rings (SSSR count). The van der Waals surface area contributed by atoms with Gasteiger partial charge in [0.1, 0.15) is 0 Å². The van der Waals surface area contributed by atoms with Crippen LogP contribution in [0.5, 0.6) is 0 Å². The molecule has 1 unspecified atom stereocenters. The molecule has 0 aromatic rings. The lowest BCUT2D eigenvalue weighted by Gasteiger charge is -2.38. The van der Waals surface area contributed by atoms with Gasteiger partial charge in [0.2, 0.25) is 0 Å². The summed E-state index contributed by atoms with van der Waals surface area (Å²) >= 11 is 0. The van der Waals surface area contributed by atoms with Gasteiger partial charge in [-0.3, -0.25) is 4.90 Å². The molecular formula is C9H17NO. The van der Waals surface area contributed by atoms with Crippen molar-refractivity contribution in [2.24, 2.45) is 0 Å². The first-order valence-electron chi connectivity index (χ1n) is 4.46. The quantitative estimate of drug-likeness (QED) is 0.522. The smallest absolute Gasteiger partial charge is 0.0718 e. The standard InChI is InChI=1S/C9H17NO/c1-9(2,3)10-5-8-4-7(10)6-11-8/h7-8H,4-6H2,1-3H3/t7?,8-/m0/s1. The van der Waals surface area contributed by atoms with Gasteiger partial charge in [-0.2, -0.15) is 0 Å². The molecule has 0 N–H and O–H groups in total. The number of ether oxygens (including phenoxy) is 1. The van der Waals surface area contributed by atoms with E-state index >= 15 is 0 Å². The zero-order chi connectivity index (χ0) is 8.06. The fourth-order valence-electron chi connectivity index (χ4n) is 2.22. The molecule has 2 heteroatoms. The van der Waals surface area contributed by atoms with Crippen molar-refractivity contribution >= 4 is 0 Å². The molecule has 2 saturated heterocycles. The summed E-state index contributed by atoms with van der Waals surface area (Å²) in [4.78, 5) is 2.57. The summed E-state index contributed by atoms with van der Waals surface area (Å²) in [5, 5.41) is 0. The number of hydrogen-bond acceptors (Lipinski definition) is 2. The molecule has 2 aliphatic heterocycles. The lowest BCUT2D eigenvalue weighted by atomic mass is 10.1. The fraction of sp³-hybridized carbons (Fsp3) is 1.00. The molecule has 0 aliphatic carbocycles. The average molecular weight is 155 g/mol. The van der Waals surface area contributed by atoms with Gasteiger partial charge in [-0.1, -0.05) is 0 Å². The van der Waals surface area contributed by atoms with E-state index in [4.69, 9.17) is 4.74 Å². The third-order valence-corrected chi connectivity index (χ3v) is 2.76. The highest BCUT2D eigenvalue weighted by Gasteiger charge is 2.43. The first-order chi connectivity index (χ1) is 5.07. The van der Waals surface area contributed by atoms with Crippen LogP contribution in [-0.4, -0.2) is 35.7 Å². The first-order valence-corrected chi connectivity index (χ1v) is 4.46. The molecule has 2 aliphatic rings. The Bertz CT molecular complexity index is 161. The van der Waals surface area contributed by atoms with Gasteiger partial charge in [0.15, 0.2) is 0 Å². The van der Waals surface area contributed by atoms with Crippen molar-refractivity contribution in [2.75, 3.05) is 13.2 Å². The zero-order valence-electron chi connectivity index (χ0n) is 7.63. The summed E-state index contributed by atoms with van der Waals surface area (Å²) in [6.45, 7) is 8.96. The Balaban J connectivity index is 2.08. The summed E-state index contributed by atoms with van der Waals surface area (Å²) < 4.78 is 5.54. The molecule has 0 aromatic carbocycles. The van der Waals surface area contributed by atoms with Crippen LogP contribution in [0.2, 0.25) is 0 Å². The zero-order valence-corrected chi connectivity index (χ0v) is 7.63. The van der Waals surface area contributed by atoms with Crippen LogP contribution in [-0.2, 0) is 4.74 Å². The molecule has 2 fully saturated rings. The summed E-state index contributed by atoms with van der Waals surface area (Å²) in [6, 6.07) is 0.708. The summed E-state index contributed by atoms with van der Waals surface area (Å²) in [7, 11) is 0. The molecule has 0 radical (unpaired) electrons. The largest absolute Gasteiger partial charge is 0.375 e. The van der Waals surface area contributed by atoms with Crippen LogP contribution in [0, 0.1) is 0 Å². The molecule has 2 nitrogen and oxygen atoms in total. The maximum atomic E-state index is 5.54. The minimum Gasteiger partial charge on any atom is -0.375 e. The Morgan fingerprint density at radius 1 is 1.36 bits per heavy atom. The molecular weight excluding hydrogens is 138 g/mol. The van der Waals surface area contributed by atoms with Crippen molar-refractivity contribution in [3.05, 3.63) is 0 Å². The Morgan fingerprint density at radius 3 is 2.36 bits per heavy atom. The van der Waals surface area contributed by atoms with Crippen LogP contribution < -0.4 is 0 Å². The highest BCUT2D eigenvalue weighted by atomic mass is 16.5. The highest BCUT2D eigenvalue weighted by Crippen LogP contribution is 2.33. The predicted molar refractivity (Wildman–Crippen MR) is 44.6 cm³/mol. The summed E-state index contributed by atoms with van der Waals surface area (Å²) in [5.74, 6) is 0. The van der Waals surface area contributed by atoms with Gasteiger partial charge in [0.25, 0.3) is 0 Å². The van der Waals surface area contributed by atoms with Gasteiger partial charge in [0.05, 0.1) is 12.7 Å². The molecule has 0 saturated carbocycles. The SMILES string of the molecule is CC(C)(C)N1C[C@@H]2CC1CO2. The van der Waals surface area contributed by atoms with Gasteiger partial charge < -0.3 is 4.74 Å². The van der Waals surface area contributed by atoms with E-state index in [1.165, 1.54) is 6.42 Å². The number of likely N-dealkylation sites (tertiary alicyclic amines) is 1. The molecule has 2 bridgehead atoms. The van der Waals surface area contributed by atoms with E-state index in [2.05, 4.69) is 25.7 Å². The van der Waals surface area contributed by atoms with E-state index in [1.807, 2.05) is 0 Å². The highest BCUT2D eigenvalue weighted by molar-refractivity contribution is 4.96. The van der Waals surface area contributed by atoms with Crippen LogP contribution >= 0.6 is 0 Å². The Morgan fingerprint density at radius 2 is 2.09 bits per heavy atom. The second kappa shape index (κ2) is 2.20. The topological polar surface area (TPSA) is 12.5 Å². The van der Waals surface area contributed by atoms with Crippen molar-refractivity contribution in [2.45, 2.75) is 44.9 Å². The van der Waals surface area contributed by atoms with Crippen LogP contribution in [0.3, 0.4) is 0 Å². The fourth-order valence-corrected chi connectivity index (χ4v) is 2.22. The summed E-state index contributed by atoms with van der Waals surface area (Å²) in [6.07, 6.45) is 1.80. The van der Waals surface area contributed by atoms with E-state index < -0.39 is 0 Å². The second-order valence-corrected chi connectivity index (χ2v) is 4.67. The number of fused-ring (bicyclic) bond motifs is 2. The van der Waals surface area contributed by atoms with Crippen molar-refractivity contribution in [1.82, 2.24) is 4.90 Å². The van der Waals surface area contributed by atoms with E-state index in [0.717, 1.165) is 13.2 Å². The number of nitrogens with zero attached hydrogens (tertiary/aromatic N) is 1. The number of hydrogen-bond donors (Lipinski definition) is 0. The normalized spacial score (nSPS) is 38.5. The molecule has 2 atom stereocenters. The van der Waals surface area contributed by atoms with Crippen molar-refractivity contribution in [3.8, 4) is 0 Å². The monoisotopic (exact) mass is 155 g/mol. The van der Waals surface area contributed by atoms with E-state index in [1.54, 1.807) is 0 Å². The molecule has 0 spiro atoms. The van der Waals surface area contributed by atoms with E-state index in [0.29, 0.717) is 17.7 Å². The van der Waals surface area contributed by atoms with Crippen molar-refractivity contribution < 1.29 is 4.74 Å². The third kappa shape index (κ3) is 1.18. The molecule has 11 heavy (non-hydrogen) atoms. The first kappa shape index (κ1) is 7.56. The van der Waals surface area contributed by atoms with Crippen molar-refractivity contribution in [3.63, 3.8) is 0 Å². The minimum atomic E-state index is 0.337. The minimum absolute atomic E-state index is 0.337. The van der Waals surface area contributed by atoms with Gasteiger partial charge in [0, 0.05) is 18.1 Å². The lowest BCUT2D eigenvalue weighted by molar-refractivity contribution is -0.00804. The maximum absolute atomic E-state index is 5.54. The molecule has 2 heterocycles. The third-order valence-electron chi connectivity index (χ3n) is 2.76. The number of morpholine rings is 1. The van der Waals surface area contributed by atoms with Gasteiger partial charge in [-0.25, -0.2) is 0 Å². The van der Waals surface area contributed by atoms with Crippen molar-refractivity contribution in [1.29, 1.82) is 0 Å².